The van der Waals surface area contributed by atoms with Crippen molar-refractivity contribution in [3.05, 3.63) is 75.3 Å². The summed E-state index contributed by atoms with van der Waals surface area (Å²) in [4.78, 5) is 35.6. The summed E-state index contributed by atoms with van der Waals surface area (Å²) in [5.74, 6) is 0.596. The van der Waals surface area contributed by atoms with Crippen LogP contribution in [-0.2, 0) is 44.4 Å². The van der Waals surface area contributed by atoms with Gasteiger partial charge in [-0.05, 0) is 91.5 Å². The number of aliphatic hydroxyl groups is 1. The van der Waals surface area contributed by atoms with E-state index >= 15 is 0 Å². The summed E-state index contributed by atoms with van der Waals surface area (Å²) < 4.78 is 50.3. The first-order valence-corrected chi connectivity index (χ1v) is 22.8. The number of nitrogens with zero attached hydrogens (tertiary/aromatic N) is 4. The highest BCUT2D eigenvalue weighted by Crippen LogP contribution is 2.41. The Bertz CT molecular complexity index is 2100. The number of nitrogens with one attached hydrogen (secondary N) is 1. The minimum absolute atomic E-state index is 0.119. The summed E-state index contributed by atoms with van der Waals surface area (Å²) in [6.07, 6.45) is 11.1. The highest BCUT2D eigenvalue weighted by Gasteiger charge is 2.22. The topological polar surface area (TPSA) is 186 Å². The van der Waals surface area contributed by atoms with Gasteiger partial charge in [0.2, 0.25) is 0 Å². The third-order valence-corrected chi connectivity index (χ3v) is 10.9. The van der Waals surface area contributed by atoms with Crippen molar-refractivity contribution < 1.29 is 52.5 Å². The highest BCUT2D eigenvalue weighted by molar-refractivity contribution is 6.39. The van der Waals surface area contributed by atoms with Gasteiger partial charge in [0, 0.05) is 45.1 Å². The minimum atomic E-state index is -0.297. The lowest BCUT2D eigenvalue weighted by Crippen LogP contribution is -2.14. The molecule has 0 bridgehead atoms. The summed E-state index contributed by atoms with van der Waals surface area (Å²) in [5, 5.41) is 9.44. The van der Waals surface area contributed by atoms with Gasteiger partial charge in [0.15, 0.2) is 11.5 Å². The van der Waals surface area contributed by atoms with Crippen molar-refractivity contribution in [1.29, 1.82) is 0 Å². The van der Waals surface area contributed by atoms with Gasteiger partial charge < -0.3 is 52.7 Å². The molecule has 0 unspecified atom stereocenters. The number of aromatic nitrogens is 1. The smallest absolute Gasteiger partial charge is 0.305 e. The lowest BCUT2D eigenvalue weighted by atomic mass is 9.98. The standard InChI is InChI=1S/C50H71N5O11/c1-9-38-39(10-2)42(54-41(38)11-3)29-43-40(14-15-50(57)60-8)36(5)47(55-43)34-53-45-31-49(66-28-26-64-24-22-62-20-18-59-7)48(65-27-25-63-23-21-61-19-17-58-6)30-44(45)52-33-46-35(4)37(32-51-46)13-12-16-56/h11,29-31,33-34,55-56H,3,9-10,12-28,32H2,1-2,4-8H3/b42-29-,52-33?,53-34?. The first kappa shape index (κ1) is 53.5. The van der Waals surface area contributed by atoms with E-state index in [2.05, 4.69) is 31.5 Å². The predicted molar refractivity (Wildman–Crippen MR) is 260 cm³/mol. The third-order valence-electron chi connectivity index (χ3n) is 10.9. The molecule has 0 atom stereocenters. The lowest BCUT2D eigenvalue weighted by molar-refractivity contribution is -0.140. The quantitative estimate of drug-likeness (QED) is 0.0399. The van der Waals surface area contributed by atoms with E-state index in [0.29, 0.717) is 108 Å². The van der Waals surface area contributed by atoms with E-state index in [-0.39, 0.29) is 32.2 Å². The van der Waals surface area contributed by atoms with Gasteiger partial charge >= 0.3 is 5.97 Å². The number of rotatable bonds is 34. The number of carbonyl (C=O) groups is 1. The number of aliphatic hydroxyl groups excluding tert-OH is 1. The molecule has 0 saturated heterocycles. The van der Waals surface area contributed by atoms with Crippen LogP contribution in [0.1, 0.15) is 75.4 Å². The monoisotopic (exact) mass is 918 g/mol. The van der Waals surface area contributed by atoms with Gasteiger partial charge in [-0.2, -0.15) is 0 Å². The largest absolute Gasteiger partial charge is 0.487 e. The molecule has 2 aliphatic heterocycles. The van der Waals surface area contributed by atoms with Crippen LogP contribution in [0.2, 0.25) is 0 Å². The Labute approximate surface area is 390 Å². The molecular weight excluding hydrogens is 847 g/mol. The second-order valence-electron chi connectivity index (χ2n) is 15.2. The molecule has 1 aromatic heterocycles. The van der Waals surface area contributed by atoms with Crippen molar-refractivity contribution in [3.8, 4) is 11.5 Å². The van der Waals surface area contributed by atoms with Crippen LogP contribution >= 0.6 is 0 Å². The Balaban J connectivity index is 1.73. The normalized spacial score (nSPS) is 14.7. The van der Waals surface area contributed by atoms with Crippen LogP contribution in [0.25, 0.3) is 6.08 Å². The summed E-state index contributed by atoms with van der Waals surface area (Å²) in [6, 6.07) is 3.60. The van der Waals surface area contributed by atoms with Gasteiger partial charge in [-0.15, -0.1) is 0 Å². The second kappa shape index (κ2) is 30.3. The number of benzene rings is 1. The third kappa shape index (κ3) is 16.7. The van der Waals surface area contributed by atoms with Crippen molar-refractivity contribution in [3.63, 3.8) is 0 Å². The maximum absolute atomic E-state index is 12.4. The molecule has 0 saturated carbocycles. The van der Waals surface area contributed by atoms with Crippen molar-refractivity contribution in [1.82, 2.24) is 4.98 Å². The van der Waals surface area contributed by atoms with Gasteiger partial charge in [0.25, 0.3) is 0 Å². The average Bonchev–Trinajstić information content (AvgIpc) is 3.97. The summed E-state index contributed by atoms with van der Waals surface area (Å²) in [6.45, 7) is 17.8. The molecule has 16 nitrogen and oxygen atoms in total. The molecule has 0 amide bonds. The number of hydrogen-bond acceptors (Lipinski definition) is 15. The maximum Gasteiger partial charge on any atom is 0.305 e. The summed E-state index contributed by atoms with van der Waals surface area (Å²) in [7, 11) is 4.66. The maximum atomic E-state index is 12.4. The number of ether oxygens (including phenoxy) is 9. The van der Waals surface area contributed by atoms with Crippen LogP contribution < -0.4 is 9.47 Å². The first-order chi connectivity index (χ1) is 32.2. The summed E-state index contributed by atoms with van der Waals surface area (Å²) >= 11 is 0. The fraction of sp³-hybridized carbons (Fsp3) is 0.540. The number of carbonyl (C=O) groups excluding carboxylic acids is 1. The molecule has 2 N–H and O–H groups in total. The highest BCUT2D eigenvalue weighted by atomic mass is 16.6. The number of aliphatic imine (C=N–C) groups is 4. The molecule has 0 fully saturated rings. The Kier molecular flexibility index (Phi) is 24.6. The number of H-pyrrole nitrogens is 1. The van der Waals surface area contributed by atoms with E-state index in [9.17, 15) is 9.90 Å². The van der Waals surface area contributed by atoms with E-state index in [1.807, 2.05) is 13.8 Å². The van der Waals surface area contributed by atoms with Crippen molar-refractivity contribution >= 4 is 47.3 Å². The molecule has 66 heavy (non-hydrogen) atoms. The number of aromatic amines is 1. The lowest BCUT2D eigenvalue weighted by Gasteiger charge is -2.15. The molecule has 362 valence electrons. The van der Waals surface area contributed by atoms with Crippen molar-refractivity contribution in [2.24, 2.45) is 20.0 Å². The summed E-state index contributed by atoms with van der Waals surface area (Å²) in [5.41, 5.74) is 11.6. The Morgan fingerprint density at radius 3 is 1.85 bits per heavy atom. The van der Waals surface area contributed by atoms with Crippen LogP contribution in [0.15, 0.2) is 72.7 Å². The number of methoxy groups -OCH3 is 3. The van der Waals surface area contributed by atoms with Gasteiger partial charge in [0.1, 0.15) is 13.2 Å². The number of hydrogen-bond donors (Lipinski definition) is 2. The van der Waals surface area contributed by atoms with Gasteiger partial charge in [-0.1, -0.05) is 20.4 Å². The Morgan fingerprint density at radius 2 is 1.32 bits per heavy atom. The van der Waals surface area contributed by atoms with Crippen molar-refractivity contribution in [2.45, 2.75) is 66.2 Å². The Morgan fingerprint density at radius 1 is 0.758 bits per heavy atom. The fourth-order valence-electron chi connectivity index (χ4n) is 7.25. The molecule has 0 spiro atoms. The zero-order valence-electron chi connectivity index (χ0n) is 40.1. The molecule has 1 aromatic carbocycles. The van der Waals surface area contributed by atoms with E-state index in [4.69, 9.17) is 62.6 Å². The molecule has 3 heterocycles. The van der Waals surface area contributed by atoms with E-state index in [1.54, 1.807) is 44.9 Å². The van der Waals surface area contributed by atoms with E-state index in [0.717, 1.165) is 64.5 Å². The van der Waals surface area contributed by atoms with Crippen LogP contribution in [0.4, 0.5) is 11.4 Å². The van der Waals surface area contributed by atoms with Crippen molar-refractivity contribution in [2.75, 3.05) is 114 Å². The van der Waals surface area contributed by atoms with Gasteiger partial charge in [-0.25, -0.2) is 4.99 Å². The molecule has 2 aliphatic rings. The molecular formula is C50H71N5O11. The van der Waals surface area contributed by atoms with E-state index < -0.39 is 0 Å². The van der Waals surface area contributed by atoms with E-state index in [1.165, 1.54) is 23.8 Å². The minimum Gasteiger partial charge on any atom is -0.487 e. The molecule has 0 aliphatic carbocycles. The predicted octanol–water partition coefficient (Wildman–Crippen LogP) is 7.64. The molecule has 0 radical (unpaired) electrons. The molecule has 16 heteroatoms. The first-order valence-electron chi connectivity index (χ1n) is 22.8. The molecule has 4 rings (SSSR count). The van der Waals surface area contributed by atoms with Crippen LogP contribution in [0.5, 0.6) is 11.5 Å². The SMILES string of the molecule is C=CC1=N/C(=C\c2[nH]c(C=Nc3cc(OCCOCCOCCOC)c(OCCOCCOCCOC)cc3N=CC3=NCC(CCCO)=C3C)c(C)c2CCC(=O)OC)C(CC)=C1CC. The van der Waals surface area contributed by atoms with Gasteiger partial charge in [0.05, 0.1) is 126 Å². The Hall–Kier alpha value is -5.07. The van der Waals surface area contributed by atoms with Gasteiger partial charge in [-0.3, -0.25) is 19.8 Å². The zero-order valence-corrected chi connectivity index (χ0v) is 40.1. The second-order valence-corrected chi connectivity index (χ2v) is 15.2. The fourth-order valence-corrected chi connectivity index (χ4v) is 7.25. The van der Waals surface area contributed by atoms with Crippen LogP contribution in [0.3, 0.4) is 0 Å². The zero-order chi connectivity index (χ0) is 47.5. The van der Waals surface area contributed by atoms with Crippen LogP contribution in [-0.4, -0.2) is 154 Å². The number of esters is 1. The molecule has 2 aromatic rings. The number of allylic oxidation sites excluding steroid dienone is 4. The van der Waals surface area contributed by atoms with Crippen LogP contribution in [0, 0.1) is 6.92 Å². The average molecular weight is 918 g/mol.